The van der Waals surface area contributed by atoms with E-state index >= 15 is 0 Å². The number of fused-ring (bicyclic) bond motifs is 1. The summed E-state index contributed by atoms with van der Waals surface area (Å²) in [6.07, 6.45) is 1.66. The van der Waals surface area contributed by atoms with Crippen LogP contribution in [0.5, 0.6) is 0 Å². The second-order valence-electron chi connectivity index (χ2n) is 3.96. The third-order valence-electron chi connectivity index (χ3n) is 2.83. The van der Waals surface area contributed by atoms with Crippen LogP contribution in [0.2, 0.25) is 5.02 Å². The minimum absolute atomic E-state index is 0.369. The van der Waals surface area contributed by atoms with Crippen molar-refractivity contribution in [3.63, 3.8) is 0 Å². The summed E-state index contributed by atoms with van der Waals surface area (Å²) in [6, 6.07) is 8.27. The van der Waals surface area contributed by atoms with Crippen molar-refractivity contribution in [2.24, 2.45) is 7.05 Å². The number of hydrogen-bond acceptors (Lipinski definition) is 2. The fourth-order valence-electron chi connectivity index (χ4n) is 1.94. The number of imidazole rings is 1. The van der Waals surface area contributed by atoms with Crippen molar-refractivity contribution in [2.45, 2.75) is 0 Å². The van der Waals surface area contributed by atoms with E-state index in [0.29, 0.717) is 22.1 Å². The second kappa shape index (κ2) is 4.07. The molecule has 0 N–H and O–H groups in total. The van der Waals surface area contributed by atoms with Crippen molar-refractivity contribution in [1.29, 1.82) is 0 Å². The van der Waals surface area contributed by atoms with Crippen molar-refractivity contribution >= 4 is 22.8 Å². The molecule has 2 aromatic heterocycles. The van der Waals surface area contributed by atoms with Gasteiger partial charge in [0.1, 0.15) is 11.6 Å². The van der Waals surface area contributed by atoms with Gasteiger partial charge in [-0.3, -0.25) is 0 Å². The molecule has 0 saturated carbocycles. The maximum absolute atomic E-state index is 13.9. The number of aromatic nitrogens is 3. The van der Waals surface area contributed by atoms with Gasteiger partial charge in [0.25, 0.3) is 0 Å². The summed E-state index contributed by atoms with van der Waals surface area (Å²) < 4.78 is 15.7. The van der Waals surface area contributed by atoms with E-state index in [0.717, 1.165) is 5.52 Å². The lowest BCUT2D eigenvalue weighted by atomic mass is 10.2. The highest BCUT2D eigenvalue weighted by Crippen LogP contribution is 2.26. The van der Waals surface area contributed by atoms with Crippen molar-refractivity contribution < 1.29 is 4.39 Å². The zero-order valence-corrected chi connectivity index (χ0v) is 10.3. The van der Waals surface area contributed by atoms with Crippen LogP contribution in [0.25, 0.3) is 22.6 Å². The van der Waals surface area contributed by atoms with Gasteiger partial charge in [-0.2, -0.15) is 0 Å². The molecule has 0 aliphatic rings. The van der Waals surface area contributed by atoms with Crippen LogP contribution in [0, 0.1) is 5.82 Å². The van der Waals surface area contributed by atoms with Gasteiger partial charge >= 0.3 is 0 Å². The first-order valence-electron chi connectivity index (χ1n) is 5.39. The Morgan fingerprint density at radius 2 is 2.11 bits per heavy atom. The number of aryl methyl sites for hydroxylation is 1. The third kappa shape index (κ3) is 1.66. The first-order chi connectivity index (χ1) is 8.66. The molecule has 0 atom stereocenters. The Balaban J connectivity index is 2.28. The third-order valence-corrected chi connectivity index (χ3v) is 3.06. The summed E-state index contributed by atoms with van der Waals surface area (Å²) in [6.45, 7) is 0. The van der Waals surface area contributed by atoms with Crippen LogP contribution in [-0.4, -0.2) is 14.5 Å². The minimum Gasteiger partial charge on any atom is -0.326 e. The molecule has 90 valence electrons. The van der Waals surface area contributed by atoms with Gasteiger partial charge in [0.2, 0.25) is 0 Å². The first kappa shape index (κ1) is 11.2. The summed E-state index contributed by atoms with van der Waals surface area (Å²) in [5.74, 6) is 0.152. The Labute approximate surface area is 108 Å². The standard InChI is InChI=1S/C13H9ClFN3/c1-18-11-3-2-6-16-12(11)17-13(18)9-5-4-8(14)7-10(9)15/h2-7H,1H3. The van der Waals surface area contributed by atoms with Crippen LogP contribution in [0.15, 0.2) is 36.5 Å². The fraction of sp³-hybridized carbons (Fsp3) is 0.0769. The maximum Gasteiger partial charge on any atom is 0.178 e. The van der Waals surface area contributed by atoms with Gasteiger partial charge in [-0.1, -0.05) is 11.6 Å². The minimum atomic E-state index is -0.388. The lowest BCUT2D eigenvalue weighted by molar-refractivity contribution is 0.629. The molecule has 18 heavy (non-hydrogen) atoms. The van der Waals surface area contributed by atoms with Gasteiger partial charge in [-0.05, 0) is 30.3 Å². The van der Waals surface area contributed by atoms with Crippen LogP contribution < -0.4 is 0 Å². The number of benzene rings is 1. The van der Waals surface area contributed by atoms with Gasteiger partial charge in [-0.15, -0.1) is 0 Å². The van der Waals surface area contributed by atoms with Crippen molar-refractivity contribution in [2.75, 3.05) is 0 Å². The van der Waals surface area contributed by atoms with Crippen molar-refractivity contribution in [1.82, 2.24) is 14.5 Å². The summed E-state index contributed by atoms with van der Waals surface area (Å²) in [5.41, 5.74) is 1.88. The zero-order valence-electron chi connectivity index (χ0n) is 9.56. The second-order valence-corrected chi connectivity index (χ2v) is 4.40. The average molecular weight is 262 g/mol. The number of rotatable bonds is 1. The monoisotopic (exact) mass is 261 g/mol. The Kier molecular flexibility index (Phi) is 2.52. The van der Waals surface area contributed by atoms with E-state index in [1.807, 2.05) is 23.7 Å². The molecule has 0 bridgehead atoms. The summed E-state index contributed by atoms with van der Waals surface area (Å²) in [4.78, 5) is 8.50. The van der Waals surface area contributed by atoms with Crippen LogP contribution in [0.4, 0.5) is 4.39 Å². The predicted molar refractivity (Wildman–Crippen MR) is 68.9 cm³/mol. The highest BCUT2D eigenvalue weighted by Gasteiger charge is 2.14. The van der Waals surface area contributed by atoms with E-state index in [2.05, 4.69) is 9.97 Å². The van der Waals surface area contributed by atoms with Gasteiger partial charge in [0.05, 0.1) is 11.1 Å². The molecule has 0 radical (unpaired) electrons. The molecule has 3 nitrogen and oxygen atoms in total. The Hall–Kier alpha value is -1.94. The molecular weight excluding hydrogens is 253 g/mol. The van der Waals surface area contributed by atoms with Crippen LogP contribution in [0.1, 0.15) is 0 Å². The molecule has 3 aromatic rings. The van der Waals surface area contributed by atoms with E-state index in [9.17, 15) is 4.39 Å². The van der Waals surface area contributed by atoms with E-state index in [1.165, 1.54) is 6.07 Å². The zero-order chi connectivity index (χ0) is 12.7. The summed E-state index contributed by atoms with van der Waals surface area (Å²) >= 11 is 5.74. The Bertz CT molecular complexity index is 736. The van der Waals surface area contributed by atoms with Crippen molar-refractivity contribution in [3.05, 3.63) is 47.4 Å². The molecule has 0 fully saturated rings. The van der Waals surface area contributed by atoms with Gasteiger partial charge in [0.15, 0.2) is 5.65 Å². The number of halogens is 2. The van der Waals surface area contributed by atoms with E-state index < -0.39 is 0 Å². The first-order valence-corrected chi connectivity index (χ1v) is 5.77. The molecule has 0 spiro atoms. The average Bonchev–Trinajstić information content (AvgIpc) is 2.68. The molecule has 0 aliphatic heterocycles. The fourth-order valence-corrected chi connectivity index (χ4v) is 2.10. The van der Waals surface area contributed by atoms with Crippen LogP contribution in [0.3, 0.4) is 0 Å². The summed E-state index contributed by atoms with van der Waals surface area (Å²) in [5, 5.41) is 0.369. The summed E-state index contributed by atoms with van der Waals surface area (Å²) in [7, 11) is 1.83. The molecule has 1 aromatic carbocycles. The lowest BCUT2D eigenvalue weighted by Crippen LogP contribution is -1.94. The van der Waals surface area contributed by atoms with E-state index in [4.69, 9.17) is 11.6 Å². The molecule has 0 amide bonds. The van der Waals surface area contributed by atoms with Crippen LogP contribution >= 0.6 is 11.6 Å². The number of pyridine rings is 1. The molecular formula is C13H9ClFN3. The number of nitrogens with zero attached hydrogens (tertiary/aromatic N) is 3. The molecule has 0 unspecified atom stereocenters. The quantitative estimate of drug-likeness (QED) is 0.672. The topological polar surface area (TPSA) is 30.7 Å². The van der Waals surface area contributed by atoms with E-state index in [1.54, 1.807) is 18.3 Å². The van der Waals surface area contributed by atoms with Gasteiger partial charge in [-0.25, -0.2) is 14.4 Å². The Morgan fingerprint density at radius 3 is 2.83 bits per heavy atom. The lowest BCUT2D eigenvalue weighted by Gasteiger charge is -2.03. The van der Waals surface area contributed by atoms with Gasteiger partial charge in [0, 0.05) is 18.3 Å². The highest BCUT2D eigenvalue weighted by molar-refractivity contribution is 6.30. The van der Waals surface area contributed by atoms with E-state index in [-0.39, 0.29) is 5.82 Å². The molecule has 0 saturated heterocycles. The molecule has 2 heterocycles. The molecule has 3 rings (SSSR count). The van der Waals surface area contributed by atoms with Crippen molar-refractivity contribution in [3.8, 4) is 11.4 Å². The largest absolute Gasteiger partial charge is 0.326 e. The molecule has 0 aliphatic carbocycles. The maximum atomic E-state index is 13.9. The molecule has 5 heteroatoms. The van der Waals surface area contributed by atoms with Gasteiger partial charge < -0.3 is 4.57 Å². The SMILES string of the molecule is Cn1c(-c2ccc(Cl)cc2F)nc2ncccc21. The Morgan fingerprint density at radius 1 is 1.28 bits per heavy atom. The van der Waals surface area contributed by atoms with Crippen LogP contribution in [-0.2, 0) is 7.05 Å². The smallest absolute Gasteiger partial charge is 0.178 e. The normalized spacial score (nSPS) is 11.1. The highest BCUT2D eigenvalue weighted by atomic mass is 35.5. The predicted octanol–water partition coefficient (Wildman–Crippen LogP) is 3.43. The number of hydrogen-bond donors (Lipinski definition) is 0.